The first-order chi connectivity index (χ1) is 7.01. The summed E-state index contributed by atoms with van der Waals surface area (Å²) in [7, 11) is 0. The molecule has 2 atom stereocenters. The number of alkyl halides is 1. The number of rotatable bonds is 4. The van der Waals surface area contributed by atoms with Gasteiger partial charge < -0.3 is 5.32 Å². The molecule has 2 nitrogen and oxygen atoms in total. The SMILES string of the molecule is CCC(C)(C)C(=O)NC1CCCC1CBr. The Balaban J connectivity index is 2.51. The second kappa shape index (κ2) is 5.33. The van der Waals surface area contributed by atoms with E-state index in [0.717, 1.165) is 18.2 Å². The van der Waals surface area contributed by atoms with Gasteiger partial charge in [-0.15, -0.1) is 0 Å². The molecule has 2 unspecified atom stereocenters. The lowest BCUT2D eigenvalue weighted by atomic mass is 9.88. The molecule has 0 bridgehead atoms. The summed E-state index contributed by atoms with van der Waals surface area (Å²) in [5.41, 5.74) is -0.223. The van der Waals surface area contributed by atoms with E-state index in [4.69, 9.17) is 0 Å². The zero-order chi connectivity index (χ0) is 11.5. The van der Waals surface area contributed by atoms with Crippen LogP contribution in [-0.4, -0.2) is 17.3 Å². The number of carbonyl (C=O) groups is 1. The van der Waals surface area contributed by atoms with Crippen LogP contribution >= 0.6 is 15.9 Å². The summed E-state index contributed by atoms with van der Waals surface area (Å²) >= 11 is 3.52. The molecule has 1 aliphatic rings. The van der Waals surface area contributed by atoms with Crippen molar-refractivity contribution in [3.8, 4) is 0 Å². The summed E-state index contributed by atoms with van der Waals surface area (Å²) in [4.78, 5) is 12.0. The molecule has 0 spiro atoms. The molecular formula is C12H22BrNO. The molecule has 1 aliphatic carbocycles. The van der Waals surface area contributed by atoms with Crippen LogP contribution in [0.4, 0.5) is 0 Å². The van der Waals surface area contributed by atoms with Crippen LogP contribution in [0.3, 0.4) is 0 Å². The molecule has 0 aliphatic heterocycles. The zero-order valence-electron chi connectivity index (χ0n) is 9.98. The fourth-order valence-corrected chi connectivity index (χ4v) is 2.71. The fourth-order valence-electron chi connectivity index (χ4n) is 1.94. The summed E-state index contributed by atoms with van der Waals surface area (Å²) in [5, 5.41) is 4.21. The Morgan fingerprint density at radius 1 is 1.47 bits per heavy atom. The van der Waals surface area contributed by atoms with Crippen molar-refractivity contribution < 1.29 is 4.79 Å². The maximum Gasteiger partial charge on any atom is 0.225 e. The van der Waals surface area contributed by atoms with E-state index >= 15 is 0 Å². The molecule has 15 heavy (non-hydrogen) atoms. The summed E-state index contributed by atoms with van der Waals surface area (Å²) in [5.74, 6) is 0.837. The smallest absolute Gasteiger partial charge is 0.225 e. The van der Waals surface area contributed by atoms with Crippen molar-refractivity contribution in [1.82, 2.24) is 5.32 Å². The average molecular weight is 276 g/mol. The van der Waals surface area contributed by atoms with Crippen LogP contribution < -0.4 is 5.32 Å². The molecule has 1 amide bonds. The Labute approximate surface area is 101 Å². The van der Waals surface area contributed by atoms with Crippen LogP contribution in [0.15, 0.2) is 0 Å². The summed E-state index contributed by atoms with van der Waals surface area (Å²) in [6.45, 7) is 6.09. The third kappa shape index (κ3) is 3.20. The molecule has 88 valence electrons. The van der Waals surface area contributed by atoms with Gasteiger partial charge in [0.25, 0.3) is 0 Å². The van der Waals surface area contributed by atoms with E-state index in [1.165, 1.54) is 12.8 Å². The summed E-state index contributed by atoms with van der Waals surface area (Å²) in [6, 6.07) is 0.391. The van der Waals surface area contributed by atoms with E-state index < -0.39 is 0 Å². The van der Waals surface area contributed by atoms with Crippen LogP contribution in [0.25, 0.3) is 0 Å². The Morgan fingerprint density at radius 3 is 2.67 bits per heavy atom. The van der Waals surface area contributed by atoms with Gasteiger partial charge in [0.1, 0.15) is 0 Å². The van der Waals surface area contributed by atoms with E-state index in [2.05, 4.69) is 28.2 Å². The number of hydrogen-bond acceptors (Lipinski definition) is 1. The minimum absolute atomic E-state index is 0.211. The van der Waals surface area contributed by atoms with Gasteiger partial charge in [0, 0.05) is 16.8 Å². The predicted molar refractivity (Wildman–Crippen MR) is 67.1 cm³/mol. The van der Waals surface area contributed by atoms with Gasteiger partial charge in [-0.2, -0.15) is 0 Å². The van der Waals surface area contributed by atoms with Crippen molar-refractivity contribution in [2.75, 3.05) is 5.33 Å². The van der Waals surface area contributed by atoms with Gasteiger partial charge in [-0.05, 0) is 25.2 Å². The number of carbonyl (C=O) groups excluding carboxylic acids is 1. The maximum absolute atomic E-state index is 12.0. The van der Waals surface area contributed by atoms with Crippen molar-refractivity contribution >= 4 is 21.8 Å². The first kappa shape index (κ1) is 13.0. The molecule has 1 N–H and O–H groups in total. The number of nitrogens with one attached hydrogen (secondary N) is 1. The largest absolute Gasteiger partial charge is 0.353 e. The Kier molecular flexibility index (Phi) is 4.63. The molecule has 0 radical (unpaired) electrons. The number of halogens is 1. The normalized spacial score (nSPS) is 26.7. The third-order valence-corrected chi connectivity index (χ3v) is 4.50. The van der Waals surface area contributed by atoms with Gasteiger partial charge in [0.2, 0.25) is 5.91 Å². The van der Waals surface area contributed by atoms with Crippen LogP contribution in [0, 0.1) is 11.3 Å². The zero-order valence-corrected chi connectivity index (χ0v) is 11.6. The first-order valence-corrected chi connectivity index (χ1v) is 7.00. The first-order valence-electron chi connectivity index (χ1n) is 5.88. The van der Waals surface area contributed by atoms with Crippen molar-refractivity contribution in [1.29, 1.82) is 0 Å². The highest BCUT2D eigenvalue weighted by atomic mass is 79.9. The molecule has 0 heterocycles. The van der Waals surface area contributed by atoms with Gasteiger partial charge in [0.05, 0.1) is 0 Å². The highest BCUT2D eigenvalue weighted by molar-refractivity contribution is 9.09. The second-order valence-electron chi connectivity index (χ2n) is 5.16. The highest BCUT2D eigenvalue weighted by Crippen LogP contribution is 2.29. The highest BCUT2D eigenvalue weighted by Gasteiger charge is 2.32. The molecule has 1 fully saturated rings. The topological polar surface area (TPSA) is 29.1 Å². The lowest BCUT2D eigenvalue weighted by Crippen LogP contribution is -2.44. The molecule has 0 aromatic rings. The Hall–Kier alpha value is -0.0500. The predicted octanol–water partition coefficient (Wildman–Crippen LogP) is 3.10. The van der Waals surface area contributed by atoms with E-state index in [0.29, 0.717) is 12.0 Å². The van der Waals surface area contributed by atoms with E-state index in [1.54, 1.807) is 0 Å². The van der Waals surface area contributed by atoms with Gasteiger partial charge in [0.15, 0.2) is 0 Å². The van der Waals surface area contributed by atoms with Crippen molar-refractivity contribution in [2.45, 2.75) is 52.5 Å². The minimum Gasteiger partial charge on any atom is -0.353 e. The van der Waals surface area contributed by atoms with Crippen molar-refractivity contribution in [2.24, 2.45) is 11.3 Å². The maximum atomic E-state index is 12.0. The number of hydrogen-bond donors (Lipinski definition) is 1. The van der Waals surface area contributed by atoms with E-state index in [1.807, 2.05) is 13.8 Å². The van der Waals surface area contributed by atoms with Crippen LogP contribution in [0.5, 0.6) is 0 Å². The average Bonchev–Trinajstić information content (AvgIpc) is 2.65. The molecule has 1 saturated carbocycles. The van der Waals surface area contributed by atoms with Crippen molar-refractivity contribution in [3.63, 3.8) is 0 Å². The molecule has 0 saturated heterocycles. The van der Waals surface area contributed by atoms with Gasteiger partial charge in [-0.3, -0.25) is 4.79 Å². The van der Waals surface area contributed by atoms with Crippen LogP contribution in [0.2, 0.25) is 0 Å². The monoisotopic (exact) mass is 275 g/mol. The molecule has 3 heteroatoms. The fraction of sp³-hybridized carbons (Fsp3) is 0.917. The van der Waals surface area contributed by atoms with Crippen LogP contribution in [0.1, 0.15) is 46.5 Å². The summed E-state index contributed by atoms with van der Waals surface area (Å²) < 4.78 is 0. The second-order valence-corrected chi connectivity index (χ2v) is 5.81. The van der Waals surface area contributed by atoms with Gasteiger partial charge in [-0.1, -0.05) is 43.1 Å². The lowest BCUT2D eigenvalue weighted by molar-refractivity contribution is -0.130. The minimum atomic E-state index is -0.223. The Morgan fingerprint density at radius 2 is 2.13 bits per heavy atom. The lowest BCUT2D eigenvalue weighted by Gasteiger charge is -2.26. The van der Waals surface area contributed by atoms with Crippen molar-refractivity contribution in [3.05, 3.63) is 0 Å². The van der Waals surface area contributed by atoms with Gasteiger partial charge in [-0.25, -0.2) is 0 Å². The molecule has 1 rings (SSSR count). The summed E-state index contributed by atoms with van der Waals surface area (Å²) in [6.07, 6.45) is 4.52. The molecule has 0 aromatic heterocycles. The molecule has 0 aromatic carbocycles. The quantitative estimate of drug-likeness (QED) is 0.785. The van der Waals surface area contributed by atoms with Crippen LogP contribution in [-0.2, 0) is 4.79 Å². The molecular weight excluding hydrogens is 254 g/mol. The van der Waals surface area contributed by atoms with Gasteiger partial charge >= 0.3 is 0 Å². The third-order valence-electron chi connectivity index (χ3n) is 3.67. The van der Waals surface area contributed by atoms with E-state index in [-0.39, 0.29) is 11.3 Å². The standard InChI is InChI=1S/C12H22BrNO/c1-4-12(2,3)11(15)14-10-7-5-6-9(10)8-13/h9-10H,4-8H2,1-3H3,(H,14,15). The number of amides is 1. The Bertz CT molecular complexity index is 228. The van der Waals surface area contributed by atoms with E-state index in [9.17, 15) is 4.79 Å².